The number of aromatic amines is 1. The van der Waals surface area contributed by atoms with Crippen LogP contribution in [0.1, 0.15) is 37.3 Å². The normalized spacial score (nSPS) is 14.0. The number of hydrogen-bond acceptors (Lipinski definition) is 3. The number of fused-ring (bicyclic) bond motifs is 1. The Morgan fingerprint density at radius 3 is 2.40 bits per heavy atom. The third-order valence-corrected chi connectivity index (χ3v) is 6.19. The topological polar surface area (TPSA) is 71.2 Å². The van der Waals surface area contributed by atoms with E-state index in [9.17, 15) is 9.59 Å². The third-order valence-electron chi connectivity index (χ3n) is 5.43. The Kier molecular flexibility index (Phi) is 5.77. The zero-order valence-electron chi connectivity index (χ0n) is 17.0. The fourth-order valence-electron chi connectivity index (χ4n) is 3.86. The number of nitrogens with one attached hydrogen (secondary N) is 2. The molecule has 0 unspecified atom stereocenters. The molecule has 30 heavy (non-hydrogen) atoms. The molecule has 4 rings (SSSR count). The molecule has 3 aromatic rings. The van der Waals surface area contributed by atoms with E-state index in [-0.39, 0.29) is 10.4 Å². The van der Waals surface area contributed by atoms with E-state index in [1.165, 1.54) is 18.4 Å². The molecule has 1 aliphatic heterocycles. The maximum atomic E-state index is 12.7. The summed E-state index contributed by atoms with van der Waals surface area (Å²) < 4.78 is 5.53. The van der Waals surface area contributed by atoms with Crippen molar-refractivity contribution in [3.8, 4) is 17.0 Å². The Balaban J connectivity index is 1.92. The van der Waals surface area contributed by atoms with E-state index in [0.29, 0.717) is 5.57 Å². The second kappa shape index (κ2) is 8.48. The van der Waals surface area contributed by atoms with Crippen LogP contribution < -0.4 is 10.1 Å². The highest BCUT2D eigenvalue weighted by atomic mass is 79.9. The maximum absolute atomic E-state index is 12.7. The number of carbonyl (C=O) groups is 2. The van der Waals surface area contributed by atoms with Gasteiger partial charge in [-0.3, -0.25) is 14.9 Å². The van der Waals surface area contributed by atoms with Crippen LogP contribution in [0.4, 0.5) is 0 Å². The van der Waals surface area contributed by atoms with Gasteiger partial charge in [-0.2, -0.15) is 0 Å². The molecule has 2 amide bonds. The van der Waals surface area contributed by atoms with Crippen molar-refractivity contribution in [2.75, 3.05) is 7.11 Å². The number of imide groups is 1. The monoisotopic (exact) mass is 466 g/mol. The molecule has 0 spiro atoms. The van der Waals surface area contributed by atoms with Crippen molar-refractivity contribution < 1.29 is 14.3 Å². The molecule has 2 aromatic carbocycles. The van der Waals surface area contributed by atoms with E-state index < -0.39 is 5.91 Å². The molecule has 0 saturated carbocycles. The number of hydrogen-bond donors (Lipinski definition) is 2. The number of methoxy groups -OCH3 is 1. The molecule has 5 nitrogen and oxygen atoms in total. The summed E-state index contributed by atoms with van der Waals surface area (Å²) in [5, 5.41) is 3.33. The number of rotatable bonds is 7. The zero-order chi connectivity index (χ0) is 21.3. The van der Waals surface area contributed by atoms with Gasteiger partial charge in [-0.25, -0.2) is 0 Å². The van der Waals surface area contributed by atoms with Crippen molar-refractivity contribution in [3.63, 3.8) is 0 Å². The van der Waals surface area contributed by atoms with Gasteiger partial charge in [-0.1, -0.05) is 25.8 Å². The molecular weight excluding hydrogens is 444 g/mol. The molecule has 6 heteroatoms. The summed E-state index contributed by atoms with van der Waals surface area (Å²) in [5.74, 6) is -0.0492. The van der Waals surface area contributed by atoms with E-state index in [2.05, 4.69) is 51.4 Å². The SMILES string of the molecule is CCCCCc1ccc2[nH]c(-c3ccc(OC)cc3)c(C3=C(Br)C(=O)NC3=O)c2c1. The third kappa shape index (κ3) is 3.67. The number of carbonyl (C=O) groups excluding carboxylic acids is 2. The summed E-state index contributed by atoms with van der Waals surface area (Å²) in [5.41, 5.74) is 4.96. The molecule has 154 valence electrons. The molecule has 0 saturated heterocycles. The molecule has 1 aromatic heterocycles. The molecule has 0 bridgehead atoms. The number of unbranched alkanes of at least 4 members (excludes halogenated alkanes) is 2. The van der Waals surface area contributed by atoms with E-state index >= 15 is 0 Å². The Hall–Kier alpha value is -2.86. The minimum atomic E-state index is -0.413. The number of aryl methyl sites for hydroxylation is 1. The molecule has 0 fully saturated rings. The predicted molar refractivity (Wildman–Crippen MR) is 123 cm³/mol. The number of aromatic nitrogens is 1. The minimum Gasteiger partial charge on any atom is -0.497 e. The highest BCUT2D eigenvalue weighted by molar-refractivity contribution is 9.12. The van der Waals surface area contributed by atoms with Crippen LogP contribution in [-0.2, 0) is 16.0 Å². The first-order chi connectivity index (χ1) is 14.5. The molecule has 0 aliphatic carbocycles. The average Bonchev–Trinajstić information content (AvgIpc) is 3.24. The van der Waals surface area contributed by atoms with Gasteiger partial charge in [0.05, 0.1) is 22.9 Å². The van der Waals surface area contributed by atoms with Crippen LogP contribution in [0.2, 0.25) is 0 Å². The van der Waals surface area contributed by atoms with Gasteiger partial charge in [0.15, 0.2) is 0 Å². The molecule has 0 radical (unpaired) electrons. The van der Waals surface area contributed by atoms with Gasteiger partial charge in [-0.15, -0.1) is 0 Å². The summed E-state index contributed by atoms with van der Waals surface area (Å²) in [4.78, 5) is 28.3. The van der Waals surface area contributed by atoms with Crippen molar-refractivity contribution in [2.45, 2.75) is 32.6 Å². The summed E-state index contributed by atoms with van der Waals surface area (Å²) in [6, 6.07) is 14.0. The van der Waals surface area contributed by atoms with Crippen molar-refractivity contribution in [1.29, 1.82) is 0 Å². The number of benzene rings is 2. The number of halogens is 1. The largest absolute Gasteiger partial charge is 0.497 e. The average molecular weight is 467 g/mol. The second-order valence-electron chi connectivity index (χ2n) is 7.41. The van der Waals surface area contributed by atoms with Crippen LogP contribution >= 0.6 is 15.9 Å². The van der Waals surface area contributed by atoms with Crippen LogP contribution in [0.25, 0.3) is 27.7 Å². The Labute approximate surface area is 183 Å². The van der Waals surface area contributed by atoms with Crippen molar-refractivity contribution in [3.05, 3.63) is 58.1 Å². The van der Waals surface area contributed by atoms with Gasteiger partial charge in [0, 0.05) is 16.5 Å². The number of ether oxygens (including phenoxy) is 1. The molecule has 2 N–H and O–H groups in total. The summed E-state index contributed by atoms with van der Waals surface area (Å²) in [6.45, 7) is 2.19. The van der Waals surface area contributed by atoms with Crippen LogP contribution in [-0.4, -0.2) is 23.9 Å². The van der Waals surface area contributed by atoms with Crippen molar-refractivity contribution >= 4 is 44.2 Å². The fraction of sp³-hybridized carbons (Fsp3) is 0.250. The van der Waals surface area contributed by atoms with Gasteiger partial charge in [0.25, 0.3) is 11.8 Å². The van der Waals surface area contributed by atoms with E-state index in [4.69, 9.17) is 4.74 Å². The van der Waals surface area contributed by atoms with Crippen LogP contribution in [0.5, 0.6) is 5.75 Å². The first kappa shape index (κ1) is 20.4. The predicted octanol–water partition coefficient (Wildman–Crippen LogP) is 5.34. The Morgan fingerprint density at radius 2 is 1.77 bits per heavy atom. The Bertz CT molecular complexity index is 1160. The first-order valence-corrected chi connectivity index (χ1v) is 10.9. The Morgan fingerprint density at radius 1 is 1.00 bits per heavy atom. The first-order valence-electron chi connectivity index (χ1n) is 10.1. The van der Waals surface area contributed by atoms with Gasteiger partial charge < -0.3 is 9.72 Å². The smallest absolute Gasteiger partial charge is 0.265 e. The lowest BCUT2D eigenvalue weighted by atomic mass is 9.96. The standard InChI is InChI=1S/C24H23BrN2O3/c1-3-4-5-6-14-7-12-18-17(13-14)19(20-21(25)24(29)27-23(20)28)22(26-18)15-8-10-16(30-2)11-9-15/h7-13,26H,3-6H2,1-2H3,(H,27,28,29). The number of amides is 2. The lowest BCUT2D eigenvalue weighted by molar-refractivity contribution is -0.123. The summed E-state index contributed by atoms with van der Waals surface area (Å²) in [6.07, 6.45) is 4.46. The van der Waals surface area contributed by atoms with Crippen LogP contribution in [0.15, 0.2) is 46.9 Å². The van der Waals surface area contributed by atoms with Crippen molar-refractivity contribution in [1.82, 2.24) is 10.3 Å². The maximum Gasteiger partial charge on any atom is 0.265 e. The van der Waals surface area contributed by atoms with E-state index in [1.54, 1.807) is 7.11 Å². The molecule has 1 aliphatic rings. The van der Waals surface area contributed by atoms with Crippen molar-refractivity contribution in [2.24, 2.45) is 0 Å². The minimum absolute atomic E-state index is 0.263. The van der Waals surface area contributed by atoms with Gasteiger partial charge in [0.2, 0.25) is 0 Å². The van der Waals surface area contributed by atoms with E-state index in [0.717, 1.165) is 46.3 Å². The fourth-order valence-corrected chi connectivity index (χ4v) is 4.34. The van der Waals surface area contributed by atoms with Crippen LogP contribution in [0.3, 0.4) is 0 Å². The molecule has 2 heterocycles. The van der Waals surface area contributed by atoms with Gasteiger partial charge >= 0.3 is 0 Å². The quantitative estimate of drug-likeness (QED) is 0.364. The summed E-state index contributed by atoms with van der Waals surface area (Å²) in [7, 11) is 1.62. The highest BCUT2D eigenvalue weighted by Crippen LogP contribution is 2.40. The van der Waals surface area contributed by atoms with E-state index in [1.807, 2.05) is 24.3 Å². The zero-order valence-corrected chi connectivity index (χ0v) is 18.6. The van der Waals surface area contributed by atoms with Crippen LogP contribution in [0, 0.1) is 0 Å². The van der Waals surface area contributed by atoms with Gasteiger partial charge in [-0.05, 0) is 76.3 Å². The number of H-pyrrole nitrogens is 1. The molecular formula is C24H23BrN2O3. The molecule has 0 atom stereocenters. The summed E-state index contributed by atoms with van der Waals surface area (Å²) >= 11 is 3.33. The lowest BCUT2D eigenvalue weighted by Crippen LogP contribution is -2.22. The lowest BCUT2D eigenvalue weighted by Gasteiger charge is -2.07. The highest BCUT2D eigenvalue weighted by Gasteiger charge is 2.33. The van der Waals surface area contributed by atoms with Gasteiger partial charge in [0.1, 0.15) is 5.75 Å². The second-order valence-corrected chi connectivity index (χ2v) is 8.21.